The topological polar surface area (TPSA) is 102 Å². The Morgan fingerprint density at radius 1 is 1.08 bits per heavy atom. The Morgan fingerprint density at radius 2 is 1.76 bits per heavy atom. The van der Waals surface area contributed by atoms with E-state index >= 15 is 0 Å². The van der Waals surface area contributed by atoms with Gasteiger partial charge in [0, 0.05) is 29.2 Å². The molecule has 4 N–H and O–H groups in total. The van der Waals surface area contributed by atoms with Gasteiger partial charge in [-0.15, -0.1) is 0 Å². The van der Waals surface area contributed by atoms with E-state index < -0.39 is 47.8 Å². The molecule has 1 aliphatic carbocycles. The number of aliphatic hydroxyl groups is 2. The Kier molecular flexibility index (Phi) is 8.27. The molecule has 2 aromatic rings. The second kappa shape index (κ2) is 11.1. The Bertz CT molecular complexity index is 1120. The number of rotatable bonds is 6. The smallest absolute Gasteiger partial charge is 0.390 e. The number of likely N-dealkylation sites (tertiary alicyclic amines) is 1. The molecule has 11 heteroatoms. The van der Waals surface area contributed by atoms with Gasteiger partial charge in [-0.3, -0.25) is 14.5 Å². The summed E-state index contributed by atoms with van der Waals surface area (Å²) < 4.78 is 39.5. The molecule has 1 saturated carbocycles. The molecular formula is C26H29BrF3N3O4. The lowest BCUT2D eigenvalue weighted by molar-refractivity contribution is -0.137. The van der Waals surface area contributed by atoms with Crippen LogP contribution in [0.3, 0.4) is 0 Å². The molecule has 2 atom stereocenters. The molecule has 2 fully saturated rings. The van der Waals surface area contributed by atoms with Gasteiger partial charge >= 0.3 is 6.18 Å². The van der Waals surface area contributed by atoms with Crippen molar-refractivity contribution in [3.63, 3.8) is 0 Å². The summed E-state index contributed by atoms with van der Waals surface area (Å²) in [6, 6.07) is 11.2. The fourth-order valence-electron chi connectivity index (χ4n) is 5.11. The van der Waals surface area contributed by atoms with Gasteiger partial charge in [0.15, 0.2) is 0 Å². The quantitative estimate of drug-likeness (QED) is 0.418. The molecule has 0 aromatic heterocycles. The molecule has 7 nitrogen and oxygen atoms in total. The summed E-state index contributed by atoms with van der Waals surface area (Å²) in [6.07, 6.45) is -2.71. The predicted octanol–water partition coefficient (Wildman–Crippen LogP) is 3.19. The molecule has 0 radical (unpaired) electrons. The SMILES string of the molecule is O=C(CNC(=O)c1cccc(C(F)(F)F)c1)N[C@H]1CN(C2CCC(O)(c3ccc(Br)cc3)CC2)C[C@@H]1O. The zero-order valence-corrected chi connectivity index (χ0v) is 21.6. The molecular weight excluding hydrogens is 555 g/mol. The number of β-amino-alcohol motifs (C(OH)–C–C–N with tert-alkyl or cyclic N) is 1. The summed E-state index contributed by atoms with van der Waals surface area (Å²) in [4.78, 5) is 26.7. The first-order valence-electron chi connectivity index (χ1n) is 12.1. The number of carbonyl (C=O) groups is 2. The number of benzene rings is 2. The molecule has 0 spiro atoms. The van der Waals surface area contributed by atoms with E-state index in [1.54, 1.807) is 0 Å². The first-order chi connectivity index (χ1) is 17.4. The zero-order chi connectivity index (χ0) is 26.8. The minimum Gasteiger partial charge on any atom is -0.390 e. The molecule has 1 saturated heterocycles. The van der Waals surface area contributed by atoms with Gasteiger partial charge < -0.3 is 20.8 Å². The number of alkyl halides is 3. The Labute approximate surface area is 221 Å². The first-order valence-corrected chi connectivity index (χ1v) is 12.9. The number of nitrogens with one attached hydrogen (secondary N) is 2. The predicted molar refractivity (Wildman–Crippen MR) is 134 cm³/mol. The lowest BCUT2D eigenvalue weighted by atomic mass is 9.77. The standard InChI is InChI=1S/C26H29BrF3N3O4/c27-19-6-4-17(5-7-19)25(37)10-8-20(9-11-25)33-14-21(22(34)15-33)32-23(35)13-31-24(36)16-2-1-3-18(12-16)26(28,29)30/h1-7,12,20-22,34,37H,8-11,13-15H2,(H,31,36)(H,32,35)/t20?,21-,22-,25?/m0/s1. The van der Waals surface area contributed by atoms with Gasteiger partial charge in [-0.05, 0) is 61.6 Å². The molecule has 0 bridgehead atoms. The van der Waals surface area contributed by atoms with Crippen LogP contribution in [0.1, 0.15) is 47.2 Å². The molecule has 4 rings (SSSR count). The third-order valence-electron chi connectivity index (χ3n) is 7.21. The highest BCUT2D eigenvalue weighted by Gasteiger charge is 2.41. The van der Waals surface area contributed by atoms with Crippen LogP contribution in [0.4, 0.5) is 13.2 Å². The van der Waals surface area contributed by atoms with Crippen LogP contribution in [0.5, 0.6) is 0 Å². The third kappa shape index (κ3) is 6.70. The summed E-state index contributed by atoms with van der Waals surface area (Å²) in [5, 5.41) is 26.7. The van der Waals surface area contributed by atoms with Crippen LogP contribution in [0, 0.1) is 0 Å². The highest BCUT2D eigenvalue weighted by Crippen LogP contribution is 2.39. The second-order valence-electron chi connectivity index (χ2n) is 9.73. The molecule has 1 aliphatic heterocycles. The minimum absolute atomic E-state index is 0.160. The summed E-state index contributed by atoms with van der Waals surface area (Å²) in [5.41, 5.74) is -1.15. The highest BCUT2D eigenvalue weighted by atomic mass is 79.9. The van der Waals surface area contributed by atoms with Crippen LogP contribution in [0.2, 0.25) is 0 Å². The van der Waals surface area contributed by atoms with E-state index in [-0.39, 0.29) is 11.6 Å². The molecule has 2 aliphatic rings. The maximum atomic E-state index is 12.9. The van der Waals surface area contributed by atoms with Gasteiger partial charge in [-0.25, -0.2) is 0 Å². The Morgan fingerprint density at radius 3 is 2.41 bits per heavy atom. The van der Waals surface area contributed by atoms with E-state index in [0.29, 0.717) is 25.9 Å². The van der Waals surface area contributed by atoms with Gasteiger partial charge in [-0.1, -0.05) is 34.1 Å². The van der Waals surface area contributed by atoms with Crippen LogP contribution < -0.4 is 10.6 Å². The maximum absolute atomic E-state index is 12.9. The van der Waals surface area contributed by atoms with Crippen molar-refractivity contribution < 1.29 is 33.0 Å². The van der Waals surface area contributed by atoms with Gasteiger partial charge in [-0.2, -0.15) is 13.2 Å². The van der Waals surface area contributed by atoms with E-state index in [2.05, 4.69) is 31.5 Å². The summed E-state index contributed by atoms with van der Waals surface area (Å²) in [7, 11) is 0. The van der Waals surface area contributed by atoms with Crippen molar-refractivity contribution in [1.29, 1.82) is 0 Å². The van der Waals surface area contributed by atoms with Crippen LogP contribution in [-0.2, 0) is 16.6 Å². The number of nitrogens with zero attached hydrogens (tertiary/aromatic N) is 1. The van der Waals surface area contributed by atoms with Crippen molar-refractivity contribution in [2.45, 2.75) is 55.6 Å². The van der Waals surface area contributed by atoms with Crippen molar-refractivity contribution >= 4 is 27.7 Å². The number of aliphatic hydroxyl groups excluding tert-OH is 1. The fraction of sp³-hybridized carbons (Fsp3) is 0.462. The summed E-state index contributed by atoms with van der Waals surface area (Å²) >= 11 is 3.41. The van der Waals surface area contributed by atoms with Crippen LogP contribution in [0.15, 0.2) is 53.0 Å². The lowest BCUT2D eigenvalue weighted by Gasteiger charge is -2.40. The average Bonchev–Trinajstić information content (AvgIpc) is 3.22. The molecule has 1 heterocycles. The average molecular weight is 584 g/mol. The van der Waals surface area contributed by atoms with Crippen LogP contribution in [-0.4, -0.2) is 64.7 Å². The van der Waals surface area contributed by atoms with E-state index in [1.807, 2.05) is 24.3 Å². The molecule has 2 amide bonds. The Hall–Kier alpha value is -2.47. The number of carbonyl (C=O) groups excluding carboxylic acids is 2. The number of hydrogen-bond donors (Lipinski definition) is 4. The largest absolute Gasteiger partial charge is 0.416 e. The van der Waals surface area contributed by atoms with Crippen LogP contribution in [0.25, 0.3) is 0 Å². The zero-order valence-electron chi connectivity index (χ0n) is 20.0. The lowest BCUT2D eigenvalue weighted by Crippen LogP contribution is -2.47. The van der Waals surface area contributed by atoms with Crippen molar-refractivity contribution in [2.24, 2.45) is 0 Å². The van der Waals surface area contributed by atoms with E-state index in [4.69, 9.17) is 0 Å². The maximum Gasteiger partial charge on any atom is 0.416 e. The molecule has 0 unspecified atom stereocenters. The first kappa shape index (κ1) is 27.6. The van der Waals surface area contributed by atoms with E-state index in [9.17, 15) is 33.0 Å². The third-order valence-corrected chi connectivity index (χ3v) is 7.73. The van der Waals surface area contributed by atoms with Crippen molar-refractivity contribution in [2.75, 3.05) is 19.6 Å². The van der Waals surface area contributed by atoms with Gasteiger partial charge in [0.2, 0.25) is 5.91 Å². The second-order valence-corrected chi connectivity index (χ2v) is 10.6. The molecule has 200 valence electrons. The van der Waals surface area contributed by atoms with Crippen LogP contribution >= 0.6 is 15.9 Å². The summed E-state index contributed by atoms with van der Waals surface area (Å²) in [5.74, 6) is -1.34. The Balaban J connectivity index is 1.25. The van der Waals surface area contributed by atoms with Gasteiger partial charge in [0.25, 0.3) is 5.91 Å². The summed E-state index contributed by atoms with van der Waals surface area (Å²) in [6.45, 7) is 0.376. The van der Waals surface area contributed by atoms with E-state index in [1.165, 1.54) is 6.07 Å². The minimum atomic E-state index is -4.58. The van der Waals surface area contributed by atoms with E-state index in [0.717, 1.165) is 41.1 Å². The fourth-order valence-corrected chi connectivity index (χ4v) is 5.37. The monoisotopic (exact) mass is 583 g/mol. The molecule has 2 aromatic carbocycles. The van der Waals surface area contributed by atoms with Crippen molar-refractivity contribution in [3.05, 3.63) is 69.7 Å². The highest BCUT2D eigenvalue weighted by molar-refractivity contribution is 9.10. The number of amides is 2. The normalized spacial score (nSPS) is 26.6. The van der Waals surface area contributed by atoms with Gasteiger partial charge in [0.05, 0.1) is 29.9 Å². The number of halogens is 4. The van der Waals surface area contributed by atoms with Crippen molar-refractivity contribution in [1.82, 2.24) is 15.5 Å². The van der Waals surface area contributed by atoms with Gasteiger partial charge in [0.1, 0.15) is 0 Å². The molecule has 37 heavy (non-hydrogen) atoms. The van der Waals surface area contributed by atoms with Crippen molar-refractivity contribution in [3.8, 4) is 0 Å². The number of hydrogen-bond acceptors (Lipinski definition) is 5.